The van der Waals surface area contributed by atoms with Crippen molar-refractivity contribution in [3.63, 3.8) is 0 Å². The summed E-state index contributed by atoms with van der Waals surface area (Å²) in [6.45, 7) is 1.74. The number of rotatable bonds is 5. The van der Waals surface area contributed by atoms with Crippen molar-refractivity contribution in [3.8, 4) is 5.75 Å². The summed E-state index contributed by atoms with van der Waals surface area (Å²) in [5, 5.41) is 0.749. The van der Waals surface area contributed by atoms with Crippen LogP contribution in [-0.4, -0.2) is 31.1 Å². The fraction of sp³-hybridized carbons (Fsp3) is 0.538. The third-order valence-corrected chi connectivity index (χ3v) is 3.48. The summed E-state index contributed by atoms with van der Waals surface area (Å²) in [5.41, 5.74) is 0. The van der Waals surface area contributed by atoms with Gasteiger partial charge < -0.3 is 9.64 Å². The molecular formula is C13H18ClNO. The van der Waals surface area contributed by atoms with Crippen LogP contribution < -0.4 is 4.74 Å². The Kier molecular flexibility index (Phi) is 4.08. The van der Waals surface area contributed by atoms with Crippen LogP contribution in [-0.2, 0) is 0 Å². The Morgan fingerprint density at radius 3 is 2.56 bits per heavy atom. The maximum Gasteiger partial charge on any atom is 0.119 e. The Bertz CT molecular complexity index is 321. The number of halogens is 1. The summed E-state index contributed by atoms with van der Waals surface area (Å²) in [6.07, 6.45) is 4.07. The largest absolute Gasteiger partial charge is 0.492 e. The van der Waals surface area contributed by atoms with E-state index in [2.05, 4.69) is 11.9 Å². The van der Waals surface area contributed by atoms with Crippen LogP contribution in [0.5, 0.6) is 5.75 Å². The maximum absolute atomic E-state index is 5.80. The highest BCUT2D eigenvalue weighted by molar-refractivity contribution is 6.30. The molecule has 2 rings (SSSR count). The van der Waals surface area contributed by atoms with E-state index in [1.807, 2.05) is 24.3 Å². The lowest BCUT2D eigenvalue weighted by Gasteiger charge is -2.34. The molecule has 0 aliphatic heterocycles. The molecule has 0 atom stereocenters. The maximum atomic E-state index is 5.80. The normalized spacial score (nSPS) is 16.2. The van der Waals surface area contributed by atoms with Gasteiger partial charge in [0.15, 0.2) is 0 Å². The molecule has 0 saturated heterocycles. The Morgan fingerprint density at radius 2 is 2.00 bits per heavy atom. The molecule has 1 aromatic rings. The zero-order valence-corrected chi connectivity index (χ0v) is 10.4. The summed E-state index contributed by atoms with van der Waals surface area (Å²) in [7, 11) is 2.18. The van der Waals surface area contributed by atoms with Gasteiger partial charge in [-0.3, -0.25) is 0 Å². The Balaban J connectivity index is 1.69. The standard InChI is InChI=1S/C13H18ClNO/c1-15(12-3-2-4-12)9-10-16-13-7-5-11(14)6-8-13/h5-8,12H,2-4,9-10H2,1H3. The van der Waals surface area contributed by atoms with E-state index in [4.69, 9.17) is 16.3 Å². The lowest BCUT2D eigenvalue weighted by Crippen LogP contribution is -2.39. The van der Waals surface area contributed by atoms with Gasteiger partial charge in [-0.2, -0.15) is 0 Å². The highest BCUT2D eigenvalue weighted by Crippen LogP contribution is 2.23. The molecule has 1 fully saturated rings. The van der Waals surface area contributed by atoms with Crippen molar-refractivity contribution in [2.24, 2.45) is 0 Å². The summed E-state index contributed by atoms with van der Waals surface area (Å²) >= 11 is 5.80. The van der Waals surface area contributed by atoms with Gasteiger partial charge in [0.1, 0.15) is 12.4 Å². The monoisotopic (exact) mass is 239 g/mol. The average Bonchev–Trinajstić information content (AvgIpc) is 2.18. The minimum Gasteiger partial charge on any atom is -0.492 e. The summed E-state index contributed by atoms with van der Waals surface area (Å²) in [6, 6.07) is 8.31. The van der Waals surface area contributed by atoms with Crippen molar-refractivity contribution in [2.75, 3.05) is 20.2 Å². The average molecular weight is 240 g/mol. The molecule has 0 bridgehead atoms. The van der Waals surface area contributed by atoms with Crippen LogP contribution in [0.2, 0.25) is 5.02 Å². The van der Waals surface area contributed by atoms with E-state index in [1.165, 1.54) is 19.3 Å². The molecule has 0 N–H and O–H groups in total. The second kappa shape index (κ2) is 5.55. The lowest BCUT2D eigenvalue weighted by molar-refractivity contribution is 0.135. The second-order valence-electron chi connectivity index (χ2n) is 4.37. The van der Waals surface area contributed by atoms with Crippen molar-refractivity contribution >= 4 is 11.6 Å². The van der Waals surface area contributed by atoms with Crippen LogP contribution in [0.1, 0.15) is 19.3 Å². The van der Waals surface area contributed by atoms with E-state index in [9.17, 15) is 0 Å². The minimum absolute atomic E-state index is 0.745. The zero-order chi connectivity index (χ0) is 11.4. The predicted octanol–water partition coefficient (Wildman–Crippen LogP) is 3.20. The topological polar surface area (TPSA) is 12.5 Å². The van der Waals surface area contributed by atoms with Crippen molar-refractivity contribution in [1.82, 2.24) is 4.90 Å². The smallest absolute Gasteiger partial charge is 0.119 e. The molecule has 1 aromatic carbocycles. The Morgan fingerprint density at radius 1 is 1.31 bits per heavy atom. The highest BCUT2D eigenvalue weighted by atomic mass is 35.5. The minimum atomic E-state index is 0.745. The molecule has 2 nitrogen and oxygen atoms in total. The van der Waals surface area contributed by atoms with Crippen molar-refractivity contribution in [1.29, 1.82) is 0 Å². The first kappa shape index (κ1) is 11.7. The third kappa shape index (κ3) is 3.13. The second-order valence-corrected chi connectivity index (χ2v) is 4.80. The molecule has 1 aliphatic rings. The molecule has 1 aliphatic carbocycles. The number of hydrogen-bond donors (Lipinski definition) is 0. The fourth-order valence-electron chi connectivity index (χ4n) is 1.85. The van der Waals surface area contributed by atoms with Gasteiger partial charge in [0.05, 0.1) is 0 Å². The van der Waals surface area contributed by atoms with E-state index in [0.717, 1.165) is 30.0 Å². The lowest BCUT2D eigenvalue weighted by atomic mass is 9.92. The predicted molar refractivity (Wildman–Crippen MR) is 67.2 cm³/mol. The molecule has 0 amide bonds. The van der Waals surface area contributed by atoms with Crippen molar-refractivity contribution in [2.45, 2.75) is 25.3 Å². The molecule has 88 valence electrons. The van der Waals surface area contributed by atoms with Crippen LogP contribution in [0.4, 0.5) is 0 Å². The quantitative estimate of drug-likeness (QED) is 0.783. The number of likely N-dealkylation sites (N-methyl/N-ethyl adjacent to an activating group) is 1. The van der Waals surface area contributed by atoms with Gasteiger partial charge in [-0.05, 0) is 44.2 Å². The first-order chi connectivity index (χ1) is 7.75. The van der Waals surface area contributed by atoms with E-state index < -0.39 is 0 Å². The Labute approximate surface area is 102 Å². The van der Waals surface area contributed by atoms with E-state index >= 15 is 0 Å². The molecule has 3 heteroatoms. The molecule has 0 heterocycles. The van der Waals surface area contributed by atoms with E-state index in [0.29, 0.717) is 0 Å². The van der Waals surface area contributed by atoms with Gasteiger partial charge in [-0.25, -0.2) is 0 Å². The van der Waals surface area contributed by atoms with Gasteiger partial charge in [-0.1, -0.05) is 18.0 Å². The number of hydrogen-bond acceptors (Lipinski definition) is 2. The first-order valence-corrected chi connectivity index (χ1v) is 6.22. The first-order valence-electron chi connectivity index (χ1n) is 5.84. The summed E-state index contributed by atoms with van der Waals surface area (Å²) < 4.78 is 5.65. The molecule has 16 heavy (non-hydrogen) atoms. The third-order valence-electron chi connectivity index (χ3n) is 3.22. The van der Waals surface area contributed by atoms with Crippen LogP contribution >= 0.6 is 11.6 Å². The summed E-state index contributed by atoms with van der Waals surface area (Å²) in [5.74, 6) is 0.895. The van der Waals surface area contributed by atoms with Crippen LogP contribution in [0.3, 0.4) is 0 Å². The molecule has 1 saturated carbocycles. The van der Waals surface area contributed by atoms with Crippen molar-refractivity contribution < 1.29 is 4.74 Å². The van der Waals surface area contributed by atoms with E-state index in [1.54, 1.807) is 0 Å². The van der Waals surface area contributed by atoms with Gasteiger partial charge in [0.2, 0.25) is 0 Å². The summed E-state index contributed by atoms with van der Waals surface area (Å²) in [4.78, 5) is 2.39. The van der Waals surface area contributed by atoms with Gasteiger partial charge >= 0.3 is 0 Å². The van der Waals surface area contributed by atoms with Crippen LogP contribution in [0, 0.1) is 0 Å². The number of nitrogens with zero attached hydrogens (tertiary/aromatic N) is 1. The zero-order valence-electron chi connectivity index (χ0n) is 9.66. The van der Waals surface area contributed by atoms with Crippen LogP contribution in [0.15, 0.2) is 24.3 Å². The van der Waals surface area contributed by atoms with Gasteiger partial charge in [-0.15, -0.1) is 0 Å². The van der Waals surface area contributed by atoms with Crippen molar-refractivity contribution in [3.05, 3.63) is 29.3 Å². The number of ether oxygens (including phenoxy) is 1. The van der Waals surface area contributed by atoms with Gasteiger partial charge in [0, 0.05) is 17.6 Å². The molecule has 0 aromatic heterocycles. The molecule has 0 unspecified atom stereocenters. The SMILES string of the molecule is CN(CCOc1ccc(Cl)cc1)C1CCC1. The molecule has 0 radical (unpaired) electrons. The number of benzene rings is 1. The van der Waals surface area contributed by atoms with E-state index in [-0.39, 0.29) is 0 Å². The Hall–Kier alpha value is -0.730. The van der Waals surface area contributed by atoms with Gasteiger partial charge in [0.25, 0.3) is 0 Å². The highest BCUT2D eigenvalue weighted by Gasteiger charge is 2.21. The van der Waals surface area contributed by atoms with Crippen LogP contribution in [0.25, 0.3) is 0 Å². The fourth-order valence-corrected chi connectivity index (χ4v) is 1.97. The molecular weight excluding hydrogens is 222 g/mol. The molecule has 0 spiro atoms.